The van der Waals surface area contributed by atoms with Crippen molar-refractivity contribution in [2.24, 2.45) is 23.7 Å². The molecule has 6 aliphatic carbocycles. The largest absolute Gasteiger partial charge is 0.314 e. The lowest BCUT2D eigenvalue weighted by Gasteiger charge is -2.37. The Hall–Kier alpha value is -6.70. The number of anilines is 2. The van der Waals surface area contributed by atoms with Gasteiger partial charge in [0.2, 0.25) is 0 Å². The summed E-state index contributed by atoms with van der Waals surface area (Å²) in [6.45, 7) is 18.1. The summed E-state index contributed by atoms with van der Waals surface area (Å²) in [5, 5.41) is 0. The third-order valence-corrected chi connectivity index (χ3v) is 14.8. The highest BCUT2D eigenvalue weighted by molar-refractivity contribution is 5.82. The van der Waals surface area contributed by atoms with Crippen LogP contribution in [0.1, 0.15) is 84.2 Å². The highest BCUT2D eigenvalue weighted by Gasteiger charge is 2.44. The molecule has 0 amide bonds. The zero-order valence-electron chi connectivity index (χ0n) is 37.5. The summed E-state index contributed by atoms with van der Waals surface area (Å²) in [5.41, 5.74) is 21.2. The molecule has 0 N–H and O–H groups in total. The monoisotopic (exact) mass is 829 g/mol. The summed E-state index contributed by atoms with van der Waals surface area (Å²) in [6, 6.07) is 36.6. The number of hydrogen-bond donors (Lipinski definition) is 0. The first-order valence-electron chi connectivity index (χ1n) is 23.4. The molecule has 6 unspecified atom stereocenters. The van der Waals surface area contributed by atoms with Gasteiger partial charge in [0.1, 0.15) is 0 Å². The minimum Gasteiger partial charge on any atom is -0.314 e. The van der Waals surface area contributed by atoms with Gasteiger partial charge in [-0.3, -0.25) is 0 Å². The topological polar surface area (TPSA) is 3.24 Å². The van der Waals surface area contributed by atoms with E-state index in [4.69, 9.17) is 6.58 Å². The molecule has 10 rings (SSSR count). The molecule has 0 spiro atoms. The average molecular weight is 830 g/mol. The average Bonchev–Trinajstić information content (AvgIpc) is 3.63. The van der Waals surface area contributed by atoms with Gasteiger partial charge in [-0.1, -0.05) is 177 Å². The molecular formula is C63H59N. The van der Waals surface area contributed by atoms with E-state index in [9.17, 15) is 0 Å². The summed E-state index contributed by atoms with van der Waals surface area (Å²) in [6.07, 6.45) is 39.1. The molecule has 64 heavy (non-hydrogen) atoms. The standard InChI is InChI=1S/C63H59N/c1-6-9-18-44(7-2)63(49-23-14-17-42(4)40-49)50-32-37-58-59-38-39-61(53(8-3)62(59)43(5)60(58)41-50)64(51-33-28-47(29-34-51)56-26-15-21-45-19-10-12-24-54(45)56)52-35-30-48(31-36-52)57-27-16-22-46-20-11-13-25-55(46)57/h6-21,23-25,27-31,33-36,38-40,46,50,53,56,62-63H,2-3,5,22,26,32,37,41H2,1,4H3/b9-6+,44-18+. The minimum absolute atomic E-state index is 0.0447. The number of hydrogen-bond acceptors (Lipinski definition) is 1. The first-order chi connectivity index (χ1) is 31.4. The molecule has 0 aromatic heterocycles. The molecule has 1 nitrogen and oxygen atoms in total. The number of allylic oxidation sites excluding steroid dienone is 21. The van der Waals surface area contributed by atoms with Crippen LogP contribution in [0.25, 0.3) is 11.6 Å². The van der Waals surface area contributed by atoms with Crippen LogP contribution in [-0.4, -0.2) is 0 Å². The molecule has 0 saturated carbocycles. The Morgan fingerprint density at radius 2 is 1.61 bits per heavy atom. The lowest BCUT2D eigenvalue weighted by molar-refractivity contribution is 0.414. The van der Waals surface area contributed by atoms with Crippen LogP contribution in [-0.2, 0) is 0 Å². The minimum atomic E-state index is 0.0447. The molecular weight excluding hydrogens is 771 g/mol. The van der Waals surface area contributed by atoms with Crippen molar-refractivity contribution in [2.45, 2.75) is 57.8 Å². The molecule has 6 aliphatic rings. The third-order valence-electron chi connectivity index (χ3n) is 14.8. The Bertz CT molecular complexity index is 2830. The molecule has 0 heterocycles. The van der Waals surface area contributed by atoms with Gasteiger partial charge in [-0.2, -0.15) is 0 Å². The second-order valence-electron chi connectivity index (χ2n) is 18.4. The first kappa shape index (κ1) is 41.3. The molecule has 316 valence electrons. The smallest absolute Gasteiger partial charge is 0.0459 e. The van der Waals surface area contributed by atoms with Crippen molar-refractivity contribution in [1.29, 1.82) is 0 Å². The van der Waals surface area contributed by atoms with Crippen molar-refractivity contribution in [3.05, 3.63) is 274 Å². The molecule has 4 aromatic rings. The third kappa shape index (κ3) is 7.51. The van der Waals surface area contributed by atoms with Crippen LogP contribution in [0.4, 0.5) is 11.4 Å². The Morgan fingerprint density at radius 1 is 0.812 bits per heavy atom. The maximum atomic E-state index is 4.97. The second kappa shape index (κ2) is 17.8. The van der Waals surface area contributed by atoms with E-state index in [-0.39, 0.29) is 17.8 Å². The van der Waals surface area contributed by atoms with E-state index in [1.807, 2.05) is 0 Å². The van der Waals surface area contributed by atoms with E-state index in [2.05, 4.69) is 220 Å². The summed E-state index contributed by atoms with van der Waals surface area (Å²) in [7, 11) is 0. The second-order valence-corrected chi connectivity index (χ2v) is 18.4. The molecule has 0 radical (unpaired) electrons. The van der Waals surface area contributed by atoms with Gasteiger partial charge in [-0.15, -0.1) is 6.58 Å². The van der Waals surface area contributed by atoms with Crippen LogP contribution in [0.15, 0.2) is 241 Å². The van der Waals surface area contributed by atoms with Crippen molar-refractivity contribution < 1.29 is 0 Å². The lowest BCUT2D eigenvalue weighted by atomic mass is 9.71. The number of benzene rings is 4. The molecule has 0 fully saturated rings. The summed E-state index contributed by atoms with van der Waals surface area (Å²) in [5.74, 6) is 1.66. The van der Waals surface area contributed by atoms with E-state index in [1.165, 1.54) is 78.1 Å². The van der Waals surface area contributed by atoms with Crippen LogP contribution in [0, 0.1) is 30.6 Å². The van der Waals surface area contributed by atoms with Gasteiger partial charge in [-0.05, 0) is 149 Å². The van der Waals surface area contributed by atoms with Gasteiger partial charge in [-0.25, -0.2) is 0 Å². The molecule has 6 atom stereocenters. The van der Waals surface area contributed by atoms with Crippen LogP contribution in [0.2, 0.25) is 0 Å². The SMILES string of the molecule is C=C/C(=C\C=C\C)C(c1cccc(C)c1)C1CCC2=C(C1)C(=C)C1C2=CC=C(N(c2ccc(C3=C4C=CC=CC4CC=C3)cc2)c2ccc(C3CC=Cc4ccccc43)cc2)C1C=C. The quantitative estimate of drug-likeness (QED) is 0.108. The molecule has 1 heteroatoms. The van der Waals surface area contributed by atoms with E-state index in [1.54, 1.807) is 0 Å². The van der Waals surface area contributed by atoms with Crippen LogP contribution < -0.4 is 4.90 Å². The summed E-state index contributed by atoms with van der Waals surface area (Å²) in [4.78, 5) is 2.49. The van der Waals surface area contributed by atoms with Crippen LogP contribution in [0.5, 0.6) is 0 Å². The van der Waals surface area contributed by atoms with Gasteiger partial charge in [0.25, 0.3) is 0 Å². The van der Waals surface area contributed by atoms with Crippen LogP contribution >= 0.6 is 0 Å². The predicted octanol–water partition coefficient (Wildman–Crippen LogP) is 16.5. The number of aryl methyl sites for hydroxylation is 1. The molecule has 4 aromatic carbocycles. The normalized spacial score (nSPS) is 23.9. The zero-order valence-corrected chi connectivity index (χ0v) is 37.5. The predicted molar refractivity (Wildman–Crippen MR) is 273 cm³/mol. The van der Waals surface area contributed by atoms with Crippen molar-refractivity contribution >= 4 is 23.0 Å². The maximum absolute atomic E-state index is 4.97. The Kier molecular flexibility index (Phi) is 11.5. The summed E-state index contributed by atoms with van der Waals surface area (Å²) >= 11 is 0. The molecule has 0 aliphatic heterocycles. The first-order valence-corrected chi connectivity index (χ1v) is 23.4. The van der Waals surface area contributed by atoms with Gasteiger partial charge >= 0.3 is 0 Å². The number of fused-ring (bicyclic) bond motifs is 4. The Labute approximate surface area is 382 Å². The number of rotatable bonds is 11. The molecule has 0 saturated heterocycles. The van der Waals surface area contributed by atoms with Crippen molar-refractivity contribution in [2.75, 3.05) is 4.90 Å². The van der Waals surface area contributed by atoms with E-state index in [0.717, 1.165) is 43.5 Å². The van der Waals surface area contributed by atoms with E-state index < -0.39 is 0 Å². The van der Waals surface area contributed by atoms with Crippen molar-refractivity contribution in [1.82, 2.24) is 0 Å². The van der Waals surface area contributed by atoms with Crippen molar-refractivity contribution in [3.63, 3.8) is 0 Å². The maximum Gasteiger partial charge on any atom is 0.0459 e. The Balaban J connectivity index is 1.02. The Morgan fingerprint density at radius 3 is 2.39 bits per heavy atom. The fraction of sp³-hybridized carbons (Fsp3) is 0.206. The van der Waals surface area contributed by atoms with Crippen molar-refractivity contribution in [3.8, 4) is 0 Å². The number of nitrogens with zero attached hydrogens (tertiary/aromatic N) is 1. The van der Waals surface area contributed by atoms with Gasteiger partial charge in [0.15, 0.2) is 0 Å². The van der Waals surface area contributed by atoms with Crippen LogP contribution in [0.3, 0.4) is 0 Å². The summed E-state index contributed by atoms with van der Waals surface area (Å²) < 4.78 is 0. The van der Waals surface area contributed by atoms with Gasteiger partial charge in [0, 0.05) is 46.7 Å². The highest BCUT2D eigenvalue weighted by atomic mass is 15.2. The zero-order chi connectivity index (χ0) is 43.7. The van der Waals surface area contributed by atoms with Gasteiger partial charge in [0.05, 0.1) is 0 Å². The molecule has 0 bridgehead atoms. The van der Waals surface area contributed by atoms with Gasteiger partial charge < -0.3 is 4.90 Å². The lowest BCUT2D eigenvalue weighted by Crippen LogP contribution is -2.29. The van der Waals surface area contributed by atoms with E-state index in [0.29, 0.717) is 17.8 Å². The fourth-order valence-corrected chi connectivity index (χ4v) is 11.7. The highest BCUT2D eigenvalue weighted by Crippen LogP contribution is 2.57. The van der Waals surface area contributed by atoms with E-state index >= 15 is 0 Å². The fourth-order valence-electron chi connectivity index (χ4n) is 11.7.